The molecule has 2 fully saturated rings. The van der Waals surface area contributed by atoms with Gasteiger partial charge < -0.3 is 13.7 Å². The summed E-state index contributed by atoms with van der Waals surface area (Å²) in [7, 11) is 0. The van der Waals surface area contributed by atoms with Crippen LogP contribution in [0.25, 0.3) is 22.6 Å². The summed E-state index contributed by atoms with van der Waals surface area (Å²) in [6.45, 7) is 1.79. The second-order valence-corrected chi connectivity index (χ2v) is 8.03. The van der Waals surface area contributed by atoms with Crippen molar-refractivity contribution in [2.45, 2.75) is 25.2 Å². The molecule has 1 spiro atoms. The molecule has 0 N–H and O–H groups in total. The molecule has 2 aliphatic rings. The third-order valence-corrected chi connectivity index (χ3v) is 6.31. The first-order valence-corrected chi connectivity index (χ1v) is 9.90. The molecule has 2 aromatic carbocycles. The van der Waals surface area contributed by atoms with Crippen molar-refractivity contribution in [1.29, 1.82) is 0 Å². The van der Waals surface area contributed by atoms with Crippen LogP contribution >= 0.6 is 0 Å². The third-order valence-electron chi connectivity index (χ3n) is 6.31. The van der Waals surface area contributed by atoms with Gasteiger partial charge in [-0.3, -0.25) is 0 Å². The number of piperidine rings is 1. The van der Waals surface area contributed by atoms with Crippen LogP contribution < -0.4 is 4.90 Å². The summed E-state index contributed by atoms with van der Waals surface area (Å²) in [5.41, 5.74) is 2.55. The Kier molecular flexibility index (Phi) is 3.54. The van der Waals surface area contributed by atoms with Gasteiger partial charge in [-0.2, -0.15) is 4.98 Å². The number of halogens is 1. The maximum Gasteiger partial charge on any atom is 0.298 e. The summed E-state index contributed by atoms with van der Waals surface area (Å²) in [6.07, 6.45) is 3.13. The van der Waals surface area contributed by atoms with Gasteiger partial charge in [-0.25, -0.2) is 4.39 Å². The Morgan fingerprint density at radius 3 is 2.69 bits per heavy atom. The van der Waals surface area contributed by atoms with Crippen molar-refractivity contribution in [3.05, 3.63) is 60.2 Å². The fourth-order valence-corrected chi connectivity index (χ4v) is 4.50. The van der Waals surface area contributed by atoms with E-state index in [-0.39, 0.29) is 17.2 Å². The normalized spacial score (nSPS) is 20.4. The lowest BCUT2D eigenvalue weighted by Gasteiger charge is -2.31. The lowest BCUT2D eigenvalue weighted by Crippen LogP contribution is -2.35. The second-order valence-electron chi connectivity index (χ2n) is 8.03. The Balaban J connectivity index is 1.16. The van der Waals surface area contributed by atoms with E-state index in [1.54, 1.807) is 12.1 Å². The van der Waals surface area contributed by atoms with Crippen molar-refractivity contribution in [3.63, 3.8) is 0 Å². The number of anilines is 1. The number of oxazole rings is 1. The highest BCUT2D eigenvalue weighted by Crippen LogP contribution is 2.64. The summed E-state index contributed by atoms with van der Waals surface area (Å²) in [5.74, 6) is 1.02. The largest absolute Gasteiger partial charge is 0.423 e. The molecule has 1 saturated carbocycles. The summed E-state index contributed by atoms with van der Waals surface area (Å²) >= 11 is 0. The third kappa shape index (κ3) is 2.80. The van der Waals surface area contributed by atoms with Crippen LogP contribution in [-0.2, 0) is 0 Å². The van der Waals surface area contributed by atoms with E-state index in [1.807, 2.05) is 24.3 Å². The Hall–Kier alpha value is -3.22. The molecule has 0 radical (unpaired) electrons. The fourth-order valence-electron chi connectivity index (χ4n) is 4.50. The molecule has 1 aliphatic heterocycles. The van der Waals surface area contributed by atoms with Gasteiger partial charge in [0.2, 0.25) is 11.8 Å². The summed E-state index contributed by atoms with van der Waals surface area (Å²) in [5, 5.41) is 8.39. The number of aromatic nitrogens is 3. The first-order chi connectivity index (χ1) is 14.2. The van der Waals surface area contributed by atoms with Crippen LogP contribution in [0, 0.1) is 11.2 Å². The second kappa shape index (κ2) is 6.14. The van der Waals surface area contributed by atoms with Crippen molar-refractivity contribution in [2.75, 3.05) is 18.0 Å². The van der Waals surface area contributed by atoms with E-state index in [0.717, 1.165) is 43.5 Å². The zero-order valence-electron chi connectivity index (χ0n) is 15.7. The van der Waals surface area contributed by atoms with Gasteiger partial charge >= 0.3 is 0 Å². The molecule has 7 heteroatoms. The van der Waals surface area contributed by atoms with E-state index < -0.39 is 0 Å². The molecular formula is C22H19FN4O2. The average molecular weight is 390 g/mol. The molecule has 0 unspecified atom stereocenters. The van der Waals surface area contributed by atoms with Gasteiger partial charge in [-0.05, 0) is 55.0 Å². The van der Waals surface area contributed by atoms with E-state index in [2.05, 4.69) is 20.1 Å². The highest BCUT2D eigenvalue weighted by atomic mass is 19.1. The monoisotopic (exact) mass is 390 g/mol. The molecule has 146 valence electrons. The maximum atomic E-state index is 13.5. The number of benzene rings is 2. The Morgan fingerprint density at radius 1 is 1.00 bits per heavy atom. The topological polar surface area (TPSA) is 68.2 Å². The first-order valence-electron chi connectivity index (χ1n) is 9.90. The Labute approximate surface area is 166 Å². The number of nitrogens with zero attached hydrogens (tertiary/aromatic N) is 4. The number of para-hydroxylation sites is 2. The minimum atomic E-state index is -0.309. The molecule has 4 aromatic rings. The summed E-state index contributed by atoms with van der Waals surface area (Å²) in [6, 6.07) is 14.8. The molecule has 1 atom stereocenters. The van der Waals surface area contributed by atoms with Crippen LogP contribution in [0.15, 0.2) is 57.4 Å². The van der Waals surface area contributed by atoms with E-state index in [0.29, 0.717) is 23.4 Å². The van der Waals surface area contributed by atoms with Gasteiger partial charge in [0.15, 0.2) is 5.58 Å². The van der Waals surface area contributed by atoms with Crippen molar-refractivity contribution >= 4 is 17.1 Å². The quantitative estimate of drug-likeness (QED) is 0.501. The van der Waals surface area contributed by atoms with E-state index in [4.69, 9.17) is 8.83 Å². The predicted octanol–water partition coefficient (Wildman–Crippen LogP) is 4.79. The number of hydrogen-bond acceptors (Lipinski definition) is 6. The SMILES string of the molecule is Fc1cccc(-c2nnc([C@H]3CC34CCN(c3nc5ccccc5o3)CC4)o2)c1. The summed E-state index contributed by atoms with van der Waals surface area (Å²) < 4.78 is 25.3. The molecule has 1 aliphatic carbocycles. The number of rotatable bonds is 3. The first kappa shape index (κ1) is 16.7. The Bertz CT molecular complexity index is 1160. The van der Waals surface area contributed by atoms with Crippen molar-refractivity contribution in [1.82, 2.24) is 15.2 Å². The molecule has 3 heterocycles. The van der Waals surface area contributed by atoms with Gasteiger partial charge in [0.25, 0.3) is 6.01 Å². The number of hydrogen-bond donors (Lipinski definition) is 0. The minimum Gasteiger partial charge on any atom is -0.423 e. The molecule has 6 rings (SSSR count). The smallest absolute Gasteiger partial charge is 0.298 e. The van der Waals surface area contributed by atoms with Crippen LogP contribution in [-0.4, -0.2) is 28.3 Å². The maximum absolute atomic E-state index is 13.5. The van der Waals surface area contributed by atoms with Crippen LogP contribution in [0.1, 0.15) is 31.1 Å². The standard InChI is InChI=1S/C22H19FN4O2/c23-15-5-3-4-14(12-15)19-25-26-20(29-19)16-13-22(16)8-10-27(11-9-22)21-24-17-6-1-2-7-18(17)28-21/h1-7,12,16H,8-11,13H2/t16-/m1/s1. The van der Waals surface area contributed by atoms with Crippen molar-refractivity contribution in [2.24, 2.45) is 5.41 Å². The van der Waals surface area contributed by atoms with Crippen LogP contribution in [0.4, 0.5) is 10.4 Å². The summed E-state index contributed by atoms with van der Waals surface area (Å²) in [4.78, 5) is 6.83. The molecule has 6 nitrogen and oxygen atoms in total. The van der Waals surface area contributed by atoms with Gasteiger partial charge in [0.1, 0.15) is 11.3 Å². The van der Waals surface area contributed by atoms with Gasteiger partial charge in [0.05, 0.1) is 0 Å². The lowest BCUT2D eigenvalue weighted by molar-refractivity contribution is 0.344. The molecule has 0 amide bonds. The van der Waals surface area contributed by atoms with E-state index in [9.17, 15) is 4.39 Å². The highest BCUT2D eigenvalue weighted by Gasteiger charge is 2.58. The van der Waals surface area contributed by atoms with Crippen molar-refractivity contribution in [3.8, 4) is 11.5 Å². The van der Waals surface area contributed by atoms with E-state index >= 15 is 0 Å². The van der Waals surface area contributed by atoms with Crippen LogP contribution in [0.2, 0.25) is 0 Å². The molecule has 1 saturated heterocycles. The average Bonchev–Trinajstić information content (AvgIpc) is 3.12. The van der Waals surface area contributed by atoms with Crippen LogP contribution in [0.5, 0.6) is 0 Å². The van der Waals surface area contributed by atoms with E-state index in [1.165, 1.54) is 12.1 Å². The zero-order valence-corrected chi connectivity index (χ0v) is 15.7. The van der Waals surface area contributed by atoms with Crippen LogP contribution in [0.3, 0.4) is 0 Å². The zero-order chi connectivity index (χ0) is 19.4. The minimum absolute atomic E-state index is 0.217. The molecule has 0 bridgehead atoms. The van der Waals surface area contributed by atoms with Gasteiger partial charge in [-0.15, -0.1) is 10.2 Å². The predicted molar refractivity (Wildman–Crippen MR) is 105 cm³/mol. The highest BCUT2D eigenvalue weighted by molar-refractivity contribution is 5.74. The lowest BCUT2D eigenvalue weighted by atomic mass is 9.91. The molecule has 2 aromatic heterocycles. The Morgan fingerprint density at radius 2 is 1.86 bits per heavy atom. The number of fused-ring (bicyclic) bond motifs is 1. The molecular weight excluding hydrogens is 371 g/mol. The molecule has 29 heavy (non-hydrogen) atoms. The van der Waals surface area contributed by atoms with Crippen molar-refractivity contribution < 1.29 is 13.2 Å². The fraction of sp³-hybridized carbons (Fsp3) is 0.318. The van der Waals surface area contributed by atoms with Gasteiger partial charge in [-0.1, -0.05) is 18.2 Å². The van der Waals surface area contributed by atoms with Gasteiger partial charge in [0, 0.05) is 24.6 Å².